The molecule has 0 unspecified atom stereocenters. The molecule has 2 N–H and O–H groups in total. The van der Waals surface area contributed by atoms with Crippen LogP contribution in [0.4, 0.5) is 16.2 Å². The van der Waals surface area contributed by atoms with E-state index in [9.17, 15) is 4.79 Å². The van der Waals surface area contributed by atoms with Crippen LogP contribution in [-0.4, -0.2) is 50.2 Å². The van der Waals surface area contributed by atoms with Gasteiger partial charge in [-0.2, -0.15) is 0 Å². The van der Waals surface area contributed by atoms with Gasteiger partial charge in [-0.1, -0.05) is 37.3 Å². The van der Waals surface area contributed by atoms with Crippen molar-refractivity contribution >= 4 is 17.4 Å². The number of benzene rings is 2. The highest BCUT2D eigenvalue weighted by Crippen LogP contribution is 2.15. The highest BCUT2D eigenvalue weighted by molar-refractivity contribution is 5.89. The zero-order valence-corrected chi connectivity index (χ0v) is 16.2. The van der Waals surface area contributed by atoms with Gasteiger partial charge in [-0.3, -0.25) is 4.90 Å². The first-order chi connectivity index (χ1) is 13.2. The summed E-state index contributed by atoms with van der Waals surface area (Å²) >= 11 is 0. The number of carbonyl (C=O) groups excluding carboxylic acids is 1. The second-order valence-electron chi connectivity index (χ2n) is 6.95. The monoisotopic (exact) mass is 366 g/mol. The minimum absolute atomic E-state index is 0.131. The highest BCUT2D eigenvalue weighted by Gasteiger charge is 2.16. The summed E-state index contributed by atoms with van der Waals surface area (Å²) in [4.78, 5) is 16.9. The normalized spacial score (nSPS) is 14.8. The maximum Gasteiger partial charge on any atom is 0.319 e. The van der Waals surface area contributed by atoms with Crippen LogP contribution >= 0.6 is 0 Å². The second kappa shape index (κ2) is 9.97. The van der Waals surface area contributed by atoms with E-state index in [-0.39, 0.29) is 6.03 Å². The summed E-state index contributed by atoms with van der Waals surface area (Å²) in [5, 5.41) is 5.83. The average Bonchev–Trinajstić information content (AvgIpc) is 2.73. The number of nitrogens with zero attached hydrogens (tertiary/aromatic N) is 2. The Kier molecular flexibility index (Phi) is 7.11. The highest BCUT2D eigenvalue weighted by atomic mass is 16.2. The van der Waals surface area contributed by atoms with Gasteiger partial charge in [0.25, 0.3) is 0 Å². The summed E-state index contributed by atoms with van der Waals surface area (Å²) in [6.07, 6.45) is 1.97. The third-order valence-electron chi connectivity index (χ3n) is 5.05. The van der Waals surface area contributed by atoms with Gasteiger partial charge >= 0.3 is 6.03 Å². The molecule has 1 saturated heterocycles. The minimum atomic E-state index is -0.131. The van der Waals surface area contributed by atoms with Crippen LogP contribution < -0.4 is 15.5 Å². The lowest BCUT2D eigenvalue weighted by Gasteiger charge is -2.36. The number of hydrogen-bond acceptors (Lipinski definition) is 3. The van der Waals surface area contributed by atoms with Gasteiger partial charge in [0.1, 0.15) is 0 Å². The summed E-state index contributed by atoms with van der Waals surface area (Å²) in [6.45, 7) is 8.11. The smallest absolute Gasteiger partial charge is 0.319 e. The van der Waals surface area contributed by atoms with Crippen molar-refractivity contribution in [1.82, 2.24) is 10.2 Å². The standard InChI is InChI=1S/C22H30N4O/c1-2-19-9-11-20(12-10-19)24-22(27)23-13-6-14-25-15-17-26(18-16-25)21-7-4-3-5-8-21/h3-5,7-12H,2,6,13-18H2,1H3,(H2,23,24,27). The van der Waals surface area contributed by atoms with E-state index in [2.05, 4.69) is 57.7 Å². The largest absolute Gasteiger partial charge is 0.369 e. The fourth-order valence-corrected chi connectivity index (χ4v) is 3.37. The van der Waals surface area contributed by atoms with E-state index in [1.165, 1.54) is 11.3 Å². The Labute approximate surface area is 162 Å². The van der Waals surface area contributed by atoms with E-state index in [0.29, 0.717) is 6.54 Å². The van der Waals surface area contributed by atoms with E-state index < -0.39 is 0 Å². The average molecular weight is 367 g/mol. The van der Waals surface area contributed by atoms with E-state index in [1.54, 1.807) is 0 Å². The van der Waals surface area contributed by atoms with Crippen LogP contribution in [0.2, 0.25) is 0 Å². The first-order valence-corrected chi connectivity index (χ1v) is 9.91. The van der Waals surface area contributed by atoms with Crippen LogP contribution in [0.5, 0.6) is 0 Å². The molecule has 0 aromatic heterocycles. The number of aryl methyl sites for hydroxylation is 1. The zero-order valence-electron chi connectivity index (χ0n) is 16.2. The molecule has 0 radical (unpaired) electrons. The molecule has 2 aromatic rings. The van der Waals surface area contributed by atoms with Crippen LogP contribution in [0.15, 0.2) is 54.6 Å². The molecule has 0 saturated carbocycles. The lowest BCUT2D eigenvalue weighted by molar-refractivity contribution is 0.244. The molecular formula is C22H30N4O. The number of urea groups is 1. The summed E-state index contributed by atoms with van der Waals surface area (Å²) in [6, 6.07) is 18.5. The predicted octanol–water partition coefficient (Wildman–Crippen LogP) is 3.58. The van der Waals surface area contributed by atoms with E-state index in [0.717, 1.165) is 51.3 Å². The molecule has 1 aliphatic rings. The molecule has 5 nitrogen and oxygen atoms in total. The second-order valence-corrected chi connectivity index (χ2v) is 6.95. The third-order valence-corrected chi connectivity index (χ3v) is 5.05. The zero-order chi connectivity index (χ0) is 18.9. The molecule has 2 amide bonds. The van der Waals surface area contributed by atoms with Gasteiger partial charge in [-0.25, -0.2) is 4.79 Å². The minimum Gasteiger partial charge on any atom is -0.369 e. The van der Waals surface area contributed by atoms with Crippen molar-refractivity contribution in [2.24, 2.45) is 0 Å². The number of anilines is 2. The Balaban J connectivity index is 1.29. The molecule has 5 heteroatoms. The van der Waals surface area contributed by atoms with Crippen molar-refractivity contribution in [3.63, 3.8) is 0 Å². The van der Waals surface area contributed by atoms with Gasteiger partial charge < -0.3 is 15.5 Å². The van der Waals surface area contributed by atoms with Gasteiger partial charge in [-0.15, -0.1) is 0 Å². The van der Waals surface area contributed by atoms with Gasteiger partial charge in [-0.05, 0) is 49.2 Å². The summed E-state index contributed by atoms with van der Waals surface area (Å²) in [7, 11) is 0. The Bertz CT molecular complexity index is 694. The van der Waals surface area contributed by atoms with Crippen molar-refractivity contribution < 1.29 is 4.79 Å². The summed E-state index contributed by atoms with van der Waals surface area (Å²) in [5.74, 6) is 0. The number of amides is 2. The number of nitrogens with one attached hydrogen (secondary N) is 2. The van der Waals surface area contributed by atoms with Gasteiger partial charge in [0.15, 0.2) is 0 Å². The summed E-state index contributed by atoms with van der Waals surface area (Å²) < 4.78 is 0. The van der Waals surface area contributed by atoms with Crippen LogP contribution in [0.3, 0.4) is 0 Å². The van der Waals surface area contributed by atoms with Gasteiger partial charge in [0.05, 0.1) is 0 Å². The van der Waals surface area contributed by atoms with Crippen molar-refractivity contribution in [3.05, 3.63) is 60.2 Å². The maximum absolute atomic E-state index is 12.0. The Morgan fingerprint density at radius 2 is 1.67 bits per heavy atom. The number of para-hydroxylation sites is 1. The quantitative estimate of drug-likeness (QED) is 0.737. The Morgan fingerprint density at radius 1 is 0.963 bits per heavy atom. The predicted molar refractivity (Wildman–Crippen MR) is 113 cm³/mol. The third kappa shape index (κ3) is 6.00. The molecule has 1 fully saturated rings. The Morgan fingerprint density at radius 3 is 2.33 bits per heavy atom. The van der Waals surface area contributed by atoms with Crippen molar-refractivity contribution in [1.29, 1.82) is 0 Å². The number of piperazine rings is 1. The molecule has 1 heterocycles. The van der Waals surface area contributed by atoms with Crippen LogP contribution in [0.1, 0.15) is 18.9 Å². The maximum atomic E-state index is 12.0. The molecule has 3 rings (SSSR count). The summed E-state index contributed by atoms with van der Waals surface area (Å²) in [5.41, 5.74) is 3.41. The van der Waals surface area contributed by atoms with Crippen molar-refractivity contribution in [3.8, 4) is 0 Å². The molecule has 0 aliphatic carbocycles. The van der Waals surface area contributed by atoms with Crippen molar-refractivity contribution in [2.75, 3.05) is 49.5 Å². The molecule has 27 heavy (non-hydrogen) atoms. The number of hydrogen-bond donors (Lipinski definition) is 2. The van der Waals surface area contributed by atoms with Gasteiger partial charge in [0, 0.05) is 44.1 Å². The molecule has 0 atom stereocenters. The fraction of sp³-hybridized carbons (Fsp3) is 0.409. The first-order valence-electron chi connectivity index (χ1n) is 9.91. The van der Waals surface area contributed by atoms with E-state index >= 15 is 0 Å². The lowest BCUT2D eigenvalue weighted by atomic mass is 10.1. The molecule has 0 bridgehead atoms. The SMILES string of the molecule is CCc1ccc(NC(=O)NCCCN2CCN(c3ccccc3)CC2)cc1. The van der Waals surface area contributed by atoms with Crippen LogP contribution in [0, 0.1) is 0 Å². The number of rotatable bonds is 7. The topological polar surface area (TPSA) is 47.6 Å². The molecule has 144 valence electrons. The van der Waals surface area contributed by atoms with Crippen LogP contribution in [0.25, 0.3) is 0 Å². The molecular weight excluding hydrogens is 336 g/mol. The molecule has 0 spiro atoms. The lowest BCUT2D eigenvalue weighted by Crippen LogP contribution is -2.47. The van der Waals surface area contributed by atoms with Gasteiger partial charge in [0.2, 0.25) is 0 Å². The molecule has 2 aromatic carbocycles. The van der Waals surface area contributed by atoms with Crippen molar-refractivity contribution in [2.45, 2.75) is 19.8 Å². The van der Waals surface area contributed by atoms with Crippen LogP contribution in [-0.2, 0) is 6.42 Å². The van der Waals surface area contributed by atoms with E-state index in [1.807, 2.05) is 24.3 Å². The first kappa shape index (κ1) is 19.2. The molecule has 1 aliphatic heterocycles. The van der Waals surface area contributed by atoms with E-state index in [4.69, 9.17) is 0 Å². The number of carbonyl (C=O) groups is 1. The Hall–Kier alpha value is -2.53. The fourth-order valence-electron chi connectivity index (χ4n) is 3.37.